The Labute approximate surface area is 82.7 Å². The zero-order chi connectivity index (χ0) is 9.80. The molecule has 2 rings (SSSR count). The van der Waals surface area contributed by atoms with Crippen LogP contribution in [0.2, 0.25) is 0 Å². The Hall–Kier alpha value is -1.77. The largest absolute Gasteiger partial charge is 0.494 e. The first-order valence-electron chi connectivity index (χ1n) is 4.62. The number of rotatable bonds is 3. The minimum Gasteiger partial charge on any atom is -0.494 e. The Balaban J connectivity index is 2.31. The summed E-state index contributed by atoms with van der Waals surface area (Å²) in [6.45, 7) is 2.67. The molecule has 0 aliphatic heterocycles. The van der Waals surface area contributed by atoms with E-state index in [0.717, 1.165) is 16.9 Å². The third kappa shape index (κ3) is 1.76. The fraction of sp³-hybridized carbons (Fsp3) is 0.182. The van der Waals surface area contributed by atoms with Crippen LogP contribution >= 0.6 is 0 Å². The summed E-state index contributed by atoms with van der Waals surface area (Å²) < 4.78 is 5.41. The molecular formula is C11H12N2O. The van der Waals surface area contributed by atoms with Gasteiger partial charge in [0.05, 0.1) is 12.8 Å². The van der Waals surface area contributed by atoms with E-state index in [-0.39, 0.29) is 0 Å². The Morgan fingerprint density at radius 1 is 1.36 bits per heavy atom. The van der Waals surface area contributed by atoms with E-state index < -0.39 is 0 Å². The Kier molecular flexibility index (Phi) is 2.49. The Morgan fingerprint density at radius 2 is 2.29 bits per heavy atom. The van der Waals surface area contributed by atoms with Gasteiger partial charge in [-0.2, -0.15) is 5.10 Å². The van der Waals surface area contributed by atoms with Gasteiger partial charge in [0.15, 0.2) is 0 Å². The smallest absolute Gasteiger partial charge is 0.119 e. The van der Waals surface area contributed by atoms with Crippen LogP contribution in [0.1, 0.15) is 6.92 Å². The molecule has 1 heterocycles. The second-order valence-electron chi connectivity index (χ2n) is 2.95. The topological polar surface area (TPSA) is 37.9 Å². The Morgan fingerprint density at radius 3 is 3.00 bits per heavy atom. The average molecular weight is 188 g/mol. The molecule has 0 aliphatic rings. The van der Waals surface area contributed by atoms with Crippen molar-refractivity contribution in [3.63, 3.8) is 0 Å². The second-order valence-corrected chi connectivity index (χ2v) is 2.95. The van der Waals surface area contributed by atoms with Gasteiger partial charge < -0.3 is 4.74 Å². The molecule has 72 valence electrons. The molecule has 0 fully saturated rings. The lowest BCUT2D eigenvalue weighted by Crippen LogP contribution is -1.90. The van der Waals surface area contributed by atoms with Crippen molar-refractivity contribution in [2.45, 2.75) is 6.92 Å². The number of hydrogen-bond donors (Lipinski definition) is 1. The van der Waals surface area contributed by atoms with Gasteiger partial charge in [-0.05, 0) is 24.6 Å². The summed E-state index contributed by atoms with van der Waals surface area (Å²) in [5.41, 5.74) is 2.19. The van der Waals surface area contributed by atoms with E-state index in [9.17, 15) is 0 Å². The minimum absolute atomic E-state index is 0.689. The van der Waals surface area contributed by atoms with Gasteiger partial charge in [-0.3, -0.25) is 5.10 Å². The van der Waals surface area contributed by atoms with Crippen LogP contribution in [0.3, 0.4) is 0 Å². The molecule has 0 aliphatic carbocycles. The number of ether oxygens (including phenoxy) is 1. The lowest BCUT2D eigenvalue weighted by atomic mass is 10.1. The summed E-state index contributed by atoms with van der Waals surface area (Å²) in [4.78, 5) is 0. The van der Waals surface area contributed by atoms with Crippen molar-refractivity contribution in [1.29, 1.82) is 0 Å². The van der Waals surface area contributed by atoms with Crippen LogP contribution in [0.15, 0.2) is 36.7 Å². The van der Waals surface area contributed by atoms with E-state index in [4.69, 9.17) is 4.74 Å². The van der Waals surface area contributed by atoms with Gasteiger partial charge in [0.2, 0.25) is 0 Å². The van der Waals surface area contributed by atoms with Crippen LogP contribution in [0.5, 0.6) is 5.75 Å². The lowest BCUT2D eigenvalue weighted by molar-refractivity contribution is 0.340. The summed E-state index contributed by atoms with van der Waals surface area (Å²) in [5, 5.41) is 6.70. The maximum atomic E-state index is 5.41. The molecule has 3 nitrogen and oxygen atoms in total. The lowest BCUT2D eigenvalue weighted by Gasteiger charge is -2.03. The Bertz CT molecular complexity index is 395. The second kappa shape index (κ2) is 3.96. The minimum atomic E-state index is 0.689. The standard InChI is InChI=1S/C11H12N2O/c1-2-14-11-5-3-4-9(6-11)10-7-12-13-8-10/h3-8H,2H2,1H3,(H,12,13). The molecule has 0 spiro atoms. The van der Waals surface area contributed by atoms with Gasteiger partial charge in [0.1, 0.15) is 5.75 Å². The van der Waals surface area contributed by atoms with Gasteiger partial charge in [0.25, 0.3) is 0 Å². The van der Waals surface area contributed by atoms with Crippen molar-refractivity contribution in [2.24, 2.45) is 0 Å². The van der Waals surface area contributed by atoms with Crippen molar-refractivity contribution >= 4 is 0 Å². The number of hydrogen-bond acceptors (Lipinski definition) is 2. The molecule has 1 N–H and O–H groups in total. The van der Waals surface area contributed by atoms with Gasteiger partial charge in [-0.1, -0.05) is 12.1 Å². The SMILES string of the molecule is CCOc1cccc(-c2cn[nH]c2)c1. The van der Waals surface area contributed by atoms with E-state index in [0.29, 0.717) is 6.61 Å². The first-order valence-corrected chi connectivity index (χ1v) is 4.62. The van der Waals surface area contributed by atoms with Crippen molar-refractivity contribution in [2.75, 3.05) is 6.61 Å². The van der Waals surface area contributed by atoms with Crippen LogP contribution in [-0.4, -0.2) is 16.8 Å². The number of H-pyrrole nitrogens is 1. The van der Waals surface area contributed by atoms with Gasteiger partial charge >= 0.3 is 0 Å². The van der Waals surface area contributed by atoms with Gasteiger partial charge in [-0.25, -0.2) is 0 Å². The third-order valence-electron chi connectivity index (χ3n) is 1.98. The summed E-state index contributed by atoms with van der Waals surface area (Å²) in [6.07, 6.45) is 3.66. The van der Waals surface area contributed by atoms with E-state index in [1.807, 2.05) is 37.4 Å². The highest BCUT2D eigenvalue weighted by atomic mass is 16.5. The number of aromatic nitrogens is 2. The molecule has 3 heteroatoms. The molecule has 0 radical (unpaired) electrons. The fourth-order valence-electron chi connectivity index (χ4n) is 1.34. The zero-order valence-electron chi connectivity index (χ0n) is 8.03. The van der Waals surface area contributed by atoms with Crippen molar-refractivity contribution in [1.82, 2.24) is 10.2 Å². The van der Waals surface area contributed by atoms with E-state index >= 15 is 0 Å². The van der Waals surface area contributed by atoms with Gasteiger partial charge in [0, 0.05) is 11.8 Å². The first-order chi connectivity index (χ1) is 6.90. The highest BCUT2D eigenvalue weighted by molar-refractivity contribution is 5.63. The number of aromatic amines is 1. The monoisotopic (exact) mass is 188 g/mol. The molecule has 0 saturated heterocycles. The highest BCUT2D eigenvalue weighted by Gasteiger charge is 1.99. The first kappa shape index (κ1) is 8.81. The molecule has 14 heavy (non-hydrogen) atoms. The van der Waals surface area contributed by atoms with Crippen LogP contribution in [0.4, 0.5) is 0 Å². The average Bonchev–Trinajstić information content (AvgIpc) is 2.71. The summed E-state index contributed by atoms with van der Waals surface area (Å²) in [5.74, 6) is 0.895. The molecule has 1 aromatic heterocycles. The summed E-state index contributed by atoms with van der Waals surface area (Å²) >= 11 is 0. The molecule has 0 atom stereocenters. The van der Waals surface area contributed by atoms with Crippen LogP contribution < -0.4 is 4.74 Å². The fourth-order valence-corrected chi connectivity index (χ4v) is 1.34. The molecular weight excluding hydrogens is 176 g/mol. The van der Waals surface area contributed by atoms with E-state index in [1.165, 1.54) is 0 Å². The van der Waals surface area contributed by atoms with E-state index in [1.54, 1.807) is 6.20 Å². The summed E-state index contributed by atoms with van der Waals surface area (Å²) in [7, 11) is 0. The number of nitrogens with zero attached hydrogens (tertiary/aromatic N) is 1. The molecule has 0 unspecified atom stereocenters. The van der Waals surface area contributed by atoms with Crippen LogP contribution in [0.25, 0.3) is 11.1 Å². The number of nitrogens with one attached hydrogen (secondary N) is 1. The van der Waals surface area contributed by atoms with Crippen molar-refractivity contribution < 1.29 is 4.74 Å². The summed E-state index contributed by atoms with van der Waals surface area (Å²) in [6, 6.07) is 7.97. The predicted octanol–water partition coefficient (Wildman–Crippen LogP) is 2.48. The molecule has 1 aromatic carbocycles. The van der Waals surface area contributed by atoms with Crippen LogP contribution in [-0.2, 0) is 0 Å². The molecule has 0 saturated carbocycles. The molecule has 2 aromatic rings. The number of benzene rings is 1. The van der Waals surface area contributed by atoms with E-state index in [2.05, 4.69) is 10.2 Å². The van der Waals surface area contributed by atoms with Crippen LogP contribution in [0, 0.1) is 0 Å². The quantitative estimate of drug-likeness (QED) is 0.803. The van der Waals surface area contributed by atoms with Crippen molar-refractivity contribution in [3.05, 3.63) is 36.7 Å². The normalized spacial score (nSPS) is 10.1. The maximum Gasteiger partial charge on any atom is 0.119 e. The van der Waals surface area contributed by atoms with Gasteiger partial charge in [-0.15, -0.1) is 0 Å². The van der Waals surface area contributed by atoms with Crippen molar-refractivity contribution in [3.8, 4) is 16.9 Å². The highest BCUT2D eigenvalue weighted by Crippen LogP contribution is 2.22. The third-order valence-corrected chi connectivity index (χ3v) is 1.98. The molecule has 0 bridgehead atoms. The maximum absolute atomic E-state index is 5.41. The molecule has 0 amide bonds. The zero-order valence-corrected chi connectivity index (χ0v) is 8.03. The predicted molar refractivity (Wildman–Crippen MR) is 55.2 cm³/mol.